The smallest absolute Gasteiger partial charge is 0.288 e. The zero-order valence-corrected chi connectivity index (χ0v) is 7.81. The monoisotopic (exact) mass is 217 g/mol. The van der Waals surface area contributed by atoms with Crippen molar-refractivity contribution in [2.24, 2.45) is 5.73 Å². The molecule has 0 aliphatic heterocycles. The van der Waals surface area contributed by atoms with Gasteiger partial charge in [0.25, 0.3) is 5.69 Å². The third kappa shape index (κ3) is 2.16. The summed E-state index contributed by atoms with van der Waals surface area (Å²) in [5, 5.41) is 19.2. The molecule has 0 unspecified atom stereocenters. The molecule has 0 aromatic carbocycles. The minimum absolute atomic E-state index is 0.0668. The second kappa shape index (κ2) is 4.32. The predicted molar refractivity (Wildman–Crippen MR) is 49.9 cm³/mol. The molecule has 1 aromatic heterocycles. The summed E-state index contributed by atoms with van der Waals surface area (Å²) in [5.41, 5.74) is 5.53. The fourth-order valence-corrected chi connectivity index (χ4v) is 1.16. The average molecular weight is 218 g/mol. The summed E-state index contributed by atoms with van der Waals surface area (Å²) in [4.78, 5) is 13.4. The molecule has 0 aliphatic carbocycles. The van der Waals surface area contributed by atoms with Crippen LogP contribution in [0.3, 0.4) is 0 Å². The van der Waals surface area contributed by atoms with E-state index in [9.17, 15) is 10.1 Å². The van der Waals surface area contributed by atoms with E-state index in [2.05, 4.69) is 4.98 Å². The van der Waals surface area contributed by atoms with Crippen LogP contribution in [0.2, 0.25) is 5.15 Å². The van der Waals surface area contributed by atoms with Gasteiger partial charge in [-0.25, -0.2) is 4.98 Å². The third-order valence-electron chi connectivity index (χ3n) is 1.66. The Bertz CT molecular complexity index is 358. The Labute approximate surface area is 84.5 Å². The van der Waals surface area contributed by atoms with Gasteiger partial charge in [0.05, 0.1) is 17.6 Å². The highest BCUT2D eigenvalue weighted by atomic mass is 35.5. The maximum Gasteiger partial charge on any atom is 0.288 e. The van der Waals surface area contributed by atoms with Crippen LogP contribution in [0.1, 0.15) is 11.6 Å². The van der Waals surface area contributed by atoms with Crippen molar-refractivity contribution in [3.63, 3.8) is 0 Å². The highest BCUT2D eigenvalue weighted by molar-refractivity contribution is 6.30. The Morgan fingerprint density at radius 2 is 2.43 bits per heavy atom. The number of nitrogens with zero attached hydrogens (tertiary/aromatic N) is 2. The van der Waals surface area contributed by atoms with Gasteiger partial charge in [0.15, 0.2) is 0 Å². The van der Waals surface area contributed by atoms with Crippen molar-refractivity contribution < 1.29 is 10.0 Å². The van der Waals surface area contributed by atoms with Crippen LogP contribution in [0.25, 0.3) is 0 Å². The molecule has 0 saturated heterocycles. The molecule has 1 aromatic rings. The number of nitrogens with two attached hydrogens (primary N) is 1. The first-order chi connectivity index (χ1) is 6.56. The number of halogens is 1. The molecule has 0 amide bonds. The van der Waals surface area contributed by atoms with E-state index in [0.29, 0.717) is 0 Å². The molecule has 1 heterocycles. The number of hydrogen-bond acceptors (Lipinski definition) is 5. The van der Waals surface area contributed by atoms with Gasteiger partial charge in [0.1, 0.15) is 11.3 Å². The van der Waals surface area contributed by atoms with Crippen LogP contribution in [0.4, 0.5) is 5.69 Å². The van der Waals surface area contributed by atoms with Crippen LogP contribution in [0.5, 0.6) is 0 Å². The predicted octanol–water partition coefficient (Wildman–Crippen LogP) is 0.635. The van der Waals surface area contributed by atoms with Crippen molar-refractivity contribution in [1.29, 1.82) is 0 Å². The molecule has 1 atom stereocenters. The van der Waals surface area contributed by atoms with Gasteiger partial charge in [-0.3, -0.25) is 10.1 Å². The second-order valence-electron chi connectivity index (χ2n) is 2.62. The highest BCUT2D eigenvalue weighted by Gasteiger charge is 2.15. The lowest BCUT2D eigenvalue weighted by Crippen LogP contribution is -2.15. The van der Waals surface area contributed by atoms with Crippen molar-refractivity contribution in [3.05, 3.63) is 33.1 Å². The normalized spacial score (nSPS) is 12.5. The molecular formula is C7H8ClN3O3. The first-order valence-corrected chi connectivity index (χ1v) is 4.10. The summed E-state index contributed by atoms with van der Waals surface area (Å²) in [6.07, 6.45) is 1.04. The van der Waals surface area contributed by atoms with Gasteiger partial charge < -0.3 is 10.8 Å². The fraction of sp³-hybridized carbons (Fsp3) is 0.286. The number of aliphatic hydroxyl groups is 1. The van der Waals surface area contributed by atoms with E-state index in [0.717, 1.165) is 6.20 Å². The van der Waals surface area contributed by atoms with Crippen molar-refractivity contribution in [2.75, 3.05) is 6.61 Å². The van der Waals surface area contributed by atoms with Crippen molar-refractivity contribution >= 4 is 17.3 Å². The minimum atomic E-state index is -0.755. The van der Waals surface area contributed by atoms with Crippen molar-refractivity contribution in [1.82, 2.24) is 4.98 Å². The molecule has 0 saturated carbocycles. The number of nitro groups is 1. The van der Waals surface area contributed by atoms with Crippen molar-refractivity contribution in [3.8, 4) is 0 Å². The molecular weight excluding hydrogens is 210 g/mol. The van der Waals surface area contributed by atoms with E-state index >= 15 is 0 Å². The van der Waals surface area contributed by atoms with Crippen molar-refractivity contribution in [2.45, 2.75) is 6.04 Å². The second-order valence-corrected chi connectivity index (χ2v) is 2.98. The summed E-state index contributed by atoms with van der Waals surface area (Å²) >= 11 is 5.65. The number of pyridine rings is 1. The lowest BCUT2D eigenvalue weighted by molar-refractivity contribution is -0.385. The molecule has 6 nitrogen and oxygen atoms in total. The minimum Gasteiger partial charge on any atom is -0.394 e. The van der Waals surface area contributed by atoms with E-state index in [1.54, 1.807) is 0 Å². The molecule has 0 bridgehead atoms. The largest absolute Gasteiger partial charge is 0.394 e. The van der Waals surface area contributed by atoms with Gasteiger partial charge in [-0.1, -0.05) is 11.6 Å². The lowest BCUT2D eigenvalue weighted by atomic mass is 10.1. The van der Waals surface area contributed by atoms with Crippen LogP contribution in [-0.2, 0) is 0 Å². The maximum absolute atomic E-state index is 10.4. The zero-order chi connectivity index (χ0) is 10.7. The van der Waals surface area contributed by atoms with Crippen LogP contribution in [0, 0.1) is 10.1 Å². The Kier molecular flexibility index (Phi) is 3.34. The molecule has 76 valence electrons. The average Bonchev–Trinajstić information content (AvgIpc) is 2.17. The number of hydrogen-bond donors (Lipinski definition) is 2. The molecule has 0 fully saturated rings. The first kappa shape index (κ1) is 10.8. The molecule has 1 rings (SSSR count). The molecule has 0 aliphatic rings. The van der Waals surface area contributed by atoms with Crippen LogP contribution >= 0.6 is 11.6 Å². The Morgan fingerprint density at radius 1 is 1.79 bits per heavy atom. The van der Waals surface area contributed by atoms with Gasteiger partial charge in [-0.2, -0.15) is 0 Å². The van der Waals surface area contributed by atoms with E-state index in [1.807, 2.05) is 0 Å². The van der Waals surface area contributed by atoms with Gasteiger partial charge in [0.2, 0.25) is 0 Å². The number of rotatable bonds is 3. The fourth-order valence-electron chi connectivity index (χ4n) is 0.912. The molecule has 14 heavy (non-hydrogen) atoms. The quantitative estimate of drug-likeness (QED) is 0.439. The first-order valence-electron chi connectivity index (χ1n) is 3.72. The Hall–Kier alpha value is -1.24. The molecule has 3 N–H and O–H groups in total. The standard InChI is InChI=1S/C7H8ClN3O3/c8-7-5(6(9)3-12)1-4(2-10-7)11(13)14/h1-2,6,12H,3,9H2/t6-/m0/s1. The van der Waals surface area contributed by atoms with Crippen LogP contribution in [0.15, 0.2) is 12.3 Å². The lowest BCUT2D eigenvalue weighted by Gasteiger charge is -2.08. The summed E-state index contributed by atoms with van der Waals surface area (Å²) in [6.45, 7) is -0.345. The van der Waals surface area contributed by atoms with E-state index in [1.165, 1.54) is 6.07 Å². The molecule has 0 radical (unpaired) electrons. The topological polar surface area (TPSA) is 102 Å². The zero-order valence-electron chi connectivity index (χ0n) is 7.05. The van der Waals surface area contributed by atoms with E-state index < -0.39 is 11.0 Å². The molecule has 7 heteroatoms. The summed E-state index contributed by atoms with van der Waals surface area (Å²) in [7, 11) is 0. The molecule has 0 spiro atoms. The summed E-state index contributed by atoms with van der Waals surface area (Å²) in [5.74, 6) is 0. The van der Waals surface area contributed by atoms with E-state index in [4.69, 9.17) is 22.4 Å². The van der Waals surface area contributed by atoms with Gasteiger partial charge in [0, 0.05) is 11.6 Å². The third-order valence-corrected chi connectivity index (χ3v) is 1.97. The van der Waals surface area contributed by atoms with Gasteiger partial charge in [-0.15, -0.1) is 0 Å². The van der Waals surface area contributed by atoms with E-state index in [-0.39, 0.29) is 23.0 Å². The number of aliphatic hydroxyl groups excluding tert-OH is 1. The summed E-state index contributed by atoms with van der Waals surface area (Å²) in [6, 6.07) is 0.450. The van der Waals surface area contributed by atoms with Gasteiger partial charge in [-0.05, 0) is 0 Å². The van der Waals surface area contributed by atoms with Crippen LogP contribution in [-0.4, -0.2) is 21.6 Å². The van der Waals surface area contributed by atoms with Gasteiger partial charge >= 0.3 is 0 Å². The maximum atomic E-state index is 10.4. The number of aromatic nitrogens is 1. The Balaban J connectivity index is 3.14. The van der Waals surface area contributed by atoms with Crippen LogP contribution < -0.4 is 5.73 Å². The highest BCUT2D eigenvalue weighted by Crippen LogP contribution is 2.23. The SMILES string of the molecule is N[C@@H](CO)c1cc([N+](=O)[O-])cnc1Cl. The Morgan fingerprint density at radius 3 is 2.93 bits per heavy atom. The summed E-state index contributed by atoms with van der Waals surface area (Å²) < 4.78 is 0.